The second-order valence-electron chi connectivity index (χ2n) is 14.1. The topological polar surface area (TPSA) is 156 Å². The molecule has 46 heavy (non-hydrogen) atoms. The van der Waals surface area contributed by atoms with E-state index in [1.54, 1.807) is 13.0 Å². The third kappa shape index (κ3) is 5.60. The third-order valence-corrected chi connectivity index (χ3v) is 12.4. The van der Waals surface area contributed by atoms with Crippen LogP contribution in [0.1, 0.15) is 64.4 Å². The quantitative estimate of drug-likeness (QED) is 0.187. The highest BCUT2D eigenvalue weighted by molar-refractivity contribution is 9.09. The zero-order valence-electron chi connectivity index (χ0n) is 26.8. The first kappa shape index (κ1) is 35.2. The number of allylic oxidation sites excluding steroid dienone is 4. The van der Waals surface area contributed by atoms with Crippen LogP contribution in [-0.2, 0) is 25.5 Å². The number of aliphatic hydroxyl groups excluding tert-OH is 1. The van der Waals surface area contributed by atoms with Crippen molar-refractivity contribution in [1.82, 2.24) is 0 Å². The third-order valence-electron chi connectivity index (χ3n) is 11.9. The Morgan fingerprint density at radius 3 is 2.52 bits per heavy atom. The Balaban J connectivity index is 1.21. The van der Waals surface area contributed by atoms with Crippen LogP contribution in [0.4, 0.5) is 5.69 Å². The smallest absolute Gasteiger partial charge is 0.306 e. The summed E-state index contributed by atoms with van der Waals surface area (Å²) in [5.74, 6) is -1.20. The number of ketones is 2. The van der Waals surface area contributed by atoms with Crippen molar-refractivity contribution in [2.75, 3.05) is 35.8 Å². The van der Waals surface area contributed by atoms with E-state index in [2.05, 4.69) is 20.8 Å². The van der Waals surface area contributed by atoms with Crippen molar-refractivity contribution in [2.24, 2.45) is 28.2 Å². The van der Waals surface area contributed by atoms with Gasteiger partial charge in [0.2, 0.25) is 5.78 Å². The van der Waals surface area contributed by atoms with Gasteiger partial charge in [0.15, 0.2) is 12.4 Å². The van der Waals surface area contributed by atoms with E-state index in [9.17, 15) is 24.6 Å². The van der Waals surface area contributed by atoms with Crippen LogP contribution in [0.3, 0.4) is 0 Å². The second kappa shape index (κ2) is 13.1. The maximum absolute atomic E-state index is 13.7. The van der Waals surface area contributed by atoms with Gasteiger partial charge < -0.3 is 31.3 Å². The largest absolute Gasteiger partial charge is 0.458 e. The number of aryl methyl sites for hydroxylation is 1. The number of anilines is 1. The zero-order valence-corrected chi connectivity index (χ0v) is 29.1. The predicted octanol–water partition coefficient (Wildman–Crippen LogP) is 3.73. The number of carbonyl (C=O) groups excluding carboxylic acids is 3. The summed E-state index contributed by atoms with van der Waals surface area (Å²) in [6, 6.07) is 8.17. The number of hydrogen-bond acceptors (Lipinski definition) is 9. The van der Waals surface area contributed by atoms with Gasteiger partial charge in [0.25, 0.3) is 0 Å². The Labute approximate surface area is 284 Å². The minimum absolute atomic E-state index is 0.0481. The van der Waals surface area contributed by atoms with Crippen LogP contribution in [-0.4, -0.2) is 81.4 Å². The molecule has 0 aromatic heterocycles. The minimum atomic E-state index is -1.93. The Kier molecular flexibility index (Phi) is 10.0. The lowest BCUT2D eigenvalue weighted by atomic mass is 9.40. The number of ether oxygens (including phenoxy) is 1. The van der Waals surface area contributed by atoms with Crippen molar-refractivity contribution >= 4 is 50.8 Å². The number of fused-ring (bicyclic) bond motifs is 5. The number of benzene rings is 1. The number of Topliss-reactive ketones (excluding diaryl/α,β-unsaturated/α-hetero) is 1. The van der Waals surface area contributed by atoms with Crippen LogP contribution in [0.25, 0.3) is 0 Å². The first-order valence-corrected chi connectivity index (χ1v) is 17.9. The molecule has 7 atom stereocenters. The normalized spacial score (nSPS) is 36.3. The van der Waals surface area contributed by atoms with E-state index in [1.807, 2.05) is 37.3 Å². The Morgan fingerprint density at radius 2 is 1.85 bits per heavy atom. The molecule has 5 rings (SSSR count). The molecular formula is C35H47BrClN3O6. The molecule has 3 fully saturated rings. The van der Waals surface area contributed by atoms with Gasteiger partial charge in [-0.15, -0.1) is 11.6 Å². The van der Waals surface area contributed by atoms with E-state index in [0.29, 0.717) is 31.6 Å². The lowest BCUT2D eigenvalue weighted by Gasteiger charge is -2.68. The van der Waals surface area contributed by atoms with E-state index >= 15 is 0 Å². The highest BCUT2D eigenvalue weighted by Gasteiger charge is 2.78. The van der Waals surface area contributed by atoms with E-state index < -0.39 is 57.9 Å². The summed E-state index contributed by atoms with van der Waals surface area (Å²) in [5, 5.41) is 24.6. The summed E-state index contributed by atoms with van der Waals surface area (Å²) in [6.07, 6.45) is 6.65. The molecular weight excluding hydrogens is 674 g/mol. The standard InChI is InChI=1S/C35H47BrClN3O6/c1-31-12-11-26(41)20-24(31)10-13-33(38)30(31)27(42)21-32(2)34(45,14-15-35(32,33)39)28(43)22-46-29(44)5-3-4-23-6-8-25(9-7-23)40(18-16-36)19-17-37/h6-9,11-12,20,27,30,42,45H,3-5,10,13-19,21-22,38-39H2,1-2H3/t27-,30+,31-,32?,33-,34-,35-/m1/s1. The lowest BCUT2D eigenvalue weighted by molar-refractivity contribution is -0.191. The van der Waals surface area contributed by atoms with Gasteiger partial charge in [-0.3, -0.25) is 14.4 Å². The van der Waals surface area contributed by atoms with E-state index in [0.717, 1.165) is 35.2 Å². The number of carbonyl (C=O) groups is 3. The van der Waals surface area contributed by atoms with Gasteiger partial charge in [-0.2, -0.15) is 0 Å². The summed E-state index contributed by atoms with van der Waals surface area (Å²) < 4.78 is 5.38. The molecule has 1 unspecified atom stereocenters. The molecule has 4 aliphatic carbocycles. The summed E-state index contributed by atoms with van der Waals surface area (Å²) in [6.45, 7) is 4.74. The van der Waals surface area contributed by atoms with Crippen molar-refractivity contribution in [3.05, 3.63) is 53.6 Å². The van der Waals surface area contributed by atoms with Crippen LogP contribution in [0.15, 0.2) is 48.1 Å². The Bertz CT molecular complexity index is 1420. The fraction of sp³-hybridized carbons (Fsp3) is 0.629. The molecule has 0 radical (unpaired) electrons. The molecule has 9 nitrogen and oxygen atoms in total. The molecule has 0 heterocycles. The number of nitrogens with two attached hydrogens (primary N) is 2. The summed E-state index contributed by atoms with van der Waals surface area (Å²) >= 11 is 9.42. The van der Waals surface area contributed by atoms with Crippen LogP contribution in [0.2, 0.25) is 0 Å². The van der Waals surface area contributed by atoms with Gasteiger partial charge in [0.1, 0.15) is 5.60 Å². The Morgan fingerprint density at radius 1 is 1.13 bits per heavy atom. The van der Waals surface area contributed by atoms with Gasteiger partial charge in [0, 0.05) is 64.2 Å². The van der Waals surface area contributed by atoms with Crippen molar-refractivity contribution < 1.29 is 29.3 Å². The molecule has 4 aliphatic rings. The molecule has 0 saturated heterocycles. The monoisotopic (exact) mass is 719 g/mol. The van der Waals surface area contributed by atoms with Gasteiger partial charge in [-0.05, 0) is 74.8 Å². The van der Waals surface area contributed by atoms with Gasteiger partial charge in [-0.25, -0.2) is 0 Å². The average molecular weight is 721 g/mol. The minimum Gasteiger partial charge on any atom is -0.458 e. The molecule has 0 bridgehead atoms. The van der Waals surface area contributed by atoms with Crippen molar-refractivity contribution in [1.29, 1.82) is 0 Å². The van der Waals surface area contributed by atoms with Gasteiger partial charge >= 0.3 is 5.97 Å². The SMILES string of the molecule is CC12C[C@@H](O)[C@@H]3[C@](N)(CCC4=CC(=O)C=C[C@]43C)[C@@]1(N)CC[C@@]2(O)C(=O)COC(=O)CCCc1ccc(N(CCCl)CCBr)cc1. The predicted molar refractivity (Wildman–Crippen MR) is 182 cm³/mol. The van der Waals surface area contributed by atoms with Crippen LogP contribution < -0.4 is 16.4 Å². The number of alkyl halides is 2. The Hall–Kier alpha value is -2.08. The van der Waals surface area contributed by atoms with E-state index in [-0.39, 0.29) is 31.5 Å². The fourth-order valence-corrected chi connectivity index (χ4v) is 9.89. The number of hydrogen-bond donors (Lipinski definition) is 4. The zero-order chi connectivity index (χ0) is 33.5. The lowest BCUT2D eigenvalue weighted by Crippen LogP contribution is -2.83. The second-order valence-corrected chi connectivity index (χ2v) is 15.3. The van der Waals surface area contributed by atoms with Crippen molar-refractivity contribution in [2.45, 2.75) is 88.0 Å². The number of esters is 1. The number of aliphatic hydroxyl groups is 2. The average Bonchev–Trinajstić information content (AvgIpc) is 3.23. The molecule has 0 amide bonds. The van der Waals surface area contributed by atoms with Gasteiger partial charge in [-0.1, -0.05) is 53.6 Å². The first-order chi connectivity index (χ1) is 21.7. The highest BCUT2D eigenvalue weighted by atomic mass is 79.9. The number of halogens is 2. The van der Waals surface area contributed by atoms with Crippen LogP contribution >= 0.6 is 27.5 Å². The molecule has 1 aromatic carbocycles. The molecule has 6 N–H and O–H groups in total. The molecule has 1 aromatic rings. The number of rotatable bonds is 12. The molecule has 0 spiro atoms. The van der Waals surface area contributed by atoms with E-state index in [4.69, 9.17) is 27.8 Å². The molecule has 3 saturated carbocycles. The van der Waals surface area contributed by atoms with E-state index in [1.165, 1.54) is 6.08 Å². The summed E-state index contributed by atoms with van der Waals surface area (Å²) in [5.41, 5.74) is 11.4. The summed E-state index contributed by atoms with van der Waals surface area (Å²) in [7, 11) is 0. The molecule has 0 aliphatic heterocycles. The van der Waals surface area contributed by atoms with Gasteiger partial charge in [0.05, 0.1) is 6.10 Å². The fourth-order valence-electron chi connectivity index (χ4n) is 9.26. The molecule has 11 heteroatoms. The van der Waals surface area contributed by atoms with Crippen LogP contribution in [0.5, 0.6) is 0 Å². The maximum atomic E-state index is 13.7. The first-order valence-electron chi connectivity index (χ1n) is 16.3. The highest BCUT2D eigenvalue weighted by Crippen LogP contribution is 2.68. The van der Waals surface area contributed by atoms with Crippen molar-refractivity contribution in [3.8, 4) is 0 Å². The molecule has 252 valence electrons. The van der Waals surface area contributed by atoms with Crippen LogP contribution in [0, 0.1) is 16.7 Å². The number of nitrogens with zero attached hydrogens (tertiary/aromatic N) is 1. The summed E-state index contributed by atoms with van der Waals surface area (Å²) in [4.78, 5) is 40.7. The maximum Gasteiger partial charge on any atom is 0.306 e. The van der Waals surface area contributed by atoms with Crippen molar-refractivity contribution in [3.63, 3.8) is 0 Å².